The molecular weight excluding hydrogens is 387 g/mol. The molecule has 1 saturated heterocycles. The lowest BCUT2D eigenvalue weighted by atomic mass is 9.89. The van der Waals surface area contributed by atoms with E-state index in [0.29, 0.717) is 16.7 Å². The molecule has 1 fully saturated rings. The molecular formula is C24H25FO5. The van der Waals surface area contributed by atoms with Crippen molar-refractivity contribution in [3.63, 3.8) is 0 Å². The summed E-state index contributed by atoms with van der Waals surface area (Å²) in [5.74, 6) is 0. The maximum Gasteiger partial charge on any atom is 0.151 e. The molecule has 0 radical (unpaired) electrons. The van der Waals surface area contributed by atoms with Gasteiger partial charge >= 0.3 is 0 Å². The van der Waals surface area contributed by atoms with Crippen LogP contribution in [0.15, 0.2) is 60.7 Å². The minimum absolute atomic E-state index is 0.434. The van der Waals surface area contributed by atoms with Gasteiger partial charge in [-0.15, -0.1) is 0 Å². The Morgan fingerprint density at radius 2 is 1.57 bits per heavy atom. The van der Waals surface area contributed by atoms with Crippen LogP contribution in [0.3, 0.4) is 0 Å². The summed E-state index contributed by atoms with van der Waals surface area (Å²) in [5, 5.41) is 39.9. The number of aryl methyl sites for hydroxylation is 1. The van der Waals surface area contributed by atoms with Gasteiger partial charge in [0.25, 0.3) is 0 Å². The Kier molecular flexibility index (Phi) is 5.86. The number of ether oxygens (including phenoxy) is 1. The Labute approximate surface area is 174 Å². The highest BCUT2D eigenvalue weighted by Crippen LogP contribution is 2.38. The Morgan fingerprint density at radius 3 is 2.20 bits per heavy atom. The molecule has 0 amide bonds. The Morgan fingerprint density at radius 1 is 0.900 bits per heavy atom. The van der Waals surface area contributed by atoms with E-state index < -0.39 is 43.3 Å². The molecule has 4 rings (SSSR count). The number of aliphatic hydroxyl groups is 4. The second kappa shape index (κ2) is 8.41. The average molecular weight is 412 g/mol. The second-order valence-electron chi connectivity index (χ2n) is 7.84. The summed E-state index contributed by atoms with van der Waals surface area (Å²) in [6.07, 6.45) is -7.71. The third kappa shape index (κ3) is 3.73. The quantitative estimate of drug-likeness (QED) is 0.529. The zero-order valence-corrected chi connectivity index (χ0v) is 16.5. The molecule has 1 aliphatic heterocycles. The summed E-state index contributed by atoms with van der Waals surface area (Å²) in [6.45, 7) is 1.30. The highest BCUT2D eigenvalue weighted by Gasteiger charge is 2.44. The molecule has 1 aromatic rings. The molecule has 6 atom stereocenters. The lowest BCUT2D eigenvalue weighted by Crippen LogP contribution is -2.55. The first kappa shape index (κ1) is 20.9. The van der Waals surface area contributed by atoms with Gasteiger partial charge in [-0.25, -0.2) is 4.39 Å². The normalized spacial score (nSPS) is 27.9. The molecule has 4 N–H and O–H groups in total. The maximum absolute atomic E-state index is 15.6. The SMILES string of the molecule is Cc1ccc(C2OC(CO)C(O)C(O)C2O)cc1C(F)c1cc2cccccc-2c1. The van der Waals surface area contributed by atoms with Crippen molar-refractivity contribution in [2.45, 2.75) is 43.6 Å². The van der Waals surface area contributed by atoms with Gasteiger partial charge in [0.1, 0.15) is 30.5 Å². The molecule has 1 aromatic carbocycles. The molecule has 0 spiro atoms. The van der Waals surface area contributed by atoms with E-state index in [4.69, 9.17) is 4.74 Å². The van der Waals surface area contributed by atoms with E-state index in [-0.39, 0.29) is 0 Å². The van der Waals surface area contributed by atoms with Crippen LogP contribution < -0.4 is 0 Å². The Hall–Kier alpha value is -2.35. The highest BCUT2D eigenvalue weighted by atomic mass is 19.1. The molecule has 0 aromatic heterocycles. The molecule has 2 aliphatic carbocycles. The molecule has 0 bridgehead atoms. The summed E-state index contributed by atoms with van der Waals surface area (Å²) >= 11 is 0. The number of halogens is 1. The smallest absolute Gasteiger partial charge is 0.151 e. The van der Waals surface area contributed by atoms with E-state index in [0.717, 1.165) is 16.7 Å². The van der Waals surface area contributed by atoms with Crippen LogP contribution in [0.4, 0.5) is 4.39 Å². The lowest BCUT2D eigenvalue weighted by Gasteiger charge is -2.40. The predicted octanol–water partition coefficient (Wildman–Crippen LogP) is 2.67. The Bertz CT molecular complexity index is 960. The third-order valence-corrected chi connectivity index (χ3v) is 5.84. The first-order valence-corrected chi connectivity index (χ1v) is 9.94. The average Bonchev–Trinajstić information content (AvgIpc) is 3.03. The highest BCUT2D eigenvalue weighted by molar-refractivity contribution is 5.69. The maximum atomic E-state index is 15.6. The van der Waals surface area contributed by atoms with Gasteiger partial charge in [0, 0.05) is 0 Å². The van der Waals surface area contributed by atoms with Gasteiger partial charge < -0.3 is 25.2 Å². The van der Waals surface area contributed by atoms with E-state index in [1.807, 2.05) is 49.4 Å². The molecule has 3 aliphatic rings. The van der Waals surface area contributed by atoms with Crippen LogP contribution in [0, 0.1) is 6.92 Å². The second-order valence-corrected chi connectivity index (χ2v) is 7.84. The van der Waals surface area contributed by atoms with Gasteiger partial charge in [0.2, 0.25) is 0 Å². The van der Waals surface area contributed by atoms with E-state index in [1.54, 1.807) is 18.2 Å². The van der Waals surface area contributed by atoms with Gasteiger partial charge in [-0.2, -0.15) is 0 Å². The zero-order valence-electron chi connectivity index (χ0n) is 16.5. The number of alkyl halides is 1. The first-order chi connectivity index (χ1) is 14.4. The van der Waals surface area contributed by atoms with Crippen molar-refractivity contribution in [2.24, 2.45) is 0 Å². The molecule has 6 heteroatoms. The van der Waals surface area contributed by atoms with Crippen molar-refractivity contribution in [1.29, 1.82) is 0 Å². The first-order valence-electron chi connectivity index (χ1n) is 9.94. The van der Waals surface area contributed by atoms with Crippen LogP contribution in [-0.4, -0.2) is 51.4 Å². The molecule has 0 saturated carbocycles. The van der Waals surface area contributed by atoms with Gasteiger partial charge in [0.05, 0.1) is 6.61 Å². The van der Waals surface area contributed by atoms with E-state index in [2.05, 4.69) is 0 Å². The monoisotopic (exact) mass is 412 g/mol. The van der Waals surface area contributed by atoms with Gasteiger partial charge in [-0.1, -0.05) is 42.5 Å². The minimum atomic E-state index is -1.48. The topological polar surface area (TPSA) is 90.2 Å². The van der Waals surface area contributed by atoms with Crippen LogP contribution >= 0.6 is 0 Å². The predicted molar refractivity (Wildman–Crippen MR) is 110 cm³/mol. The van der Waals surface area contributed by atoms with Crippen molar-refractivity contribution < 1.29 is 29.6 Å². The van der Waals surface area contributed by atoms with Crippen LogP contribution in [0.2, 0.25) is 0 Å². The molecule has 6 unspecified atom stereocenters. The van der Waals surface area contributed by atoms with Crippen LogP contribution in [-0.2, 0) is 4.74 Å². The molecule has 5 nitrogen and oxygen atoms in total. The van der Waals surface area contributed by atoms with Gasteiger partial charge in [0.15, 0.2) is 6.17 Å². The standard InChI is InChI=1S/C24H25FO5/c1-13-7-8-16(24-23(29)22(28)21(27)19(12-26)30-24)11-18(13)20(25)17-9-14-5-3-2-4-6-15(14)10-17/h2-11,19-24,26-29H,12H2,1H3. The molecule has 158 valence electrons. The van der Waals surface area contributed by atoms with Crippen LogP contribution in [0.1, 0.15) is 34.5 Å². The number of hydrogen-bond donors (Lipinski definition) is 4. The van der Waals surface area contributed by atoms with Crippen molar-refractivity contribution in [1.82, 2.24) is 0 Å². The van der Waals surface area contributed by atoms with Gasteiger partial charge in [-0.05, 0) is 58.5 Å². The van der Waals surface area contributed by atoms with E-state index in [9.17, 15) is 20.4 Å². The number of fused-ring (bicyclic) bond motifs is 1. The largest absolute Gasteiger partial charge is 0.394 e. The lowest BCUT2D eigenvalue weighted by molar-refractivity contribution is -0.231. The molecule has 30 heavy (non-hydrogen) atoms. The summed E-state index contributed by atoms with van der Waals surface area (Å²) in [7, 11) is 0. The van der Waals surface area contributed by atoms with Crippen molar-refractivity contribution in [2.75, 3.05) is 6.61 Å². The summed E-state index contributed by atoms with van der Waals surface area (Å²) in [5.41, 5.74) is 4.07. The minimum Gasteiger partial charge on any atom is -0.394 e. The summed E-state index contributed by atoms with van der Waals surface area (Å²) in [6, 6.07) is 18.3. The molecule has 1 heterocycles. The van der Waals surface area contributed by atoms with Crippen LogP contribution in [0.5, 0.6) is 0 Å². The zero-order chi connectivity index (χ0) is 21.4. The van der Waals surface area contributed by atoms with Gasteiger partial charge in [-0.3, -0.25) is 0 Å². The summed E-state index contributed by atoms with van der Waals surface area (Å²) < 4.78 is 21.2. The summed E-state index contributed by atoms with van der Waals surface area (Å²) in [4.78, 5) is 0. The fraction of sp³-hybridized carbons (Fsp3) is 0.333. The van der Waals surface area contributed by atoms with E-state index in [1.165, 1.54) is 0 Å². The van der Waals surface area contributed by atoms with E-state index >= 15 is 4.39 Å². The van der Waals surface area contributed by atoms with Crippen molar-refractivity contribution in [3.05, 3.63) is 82.9 Å². The van der Waals surface area contributed by atoms with Crippen molar-refractivity contribution >= 4 is 0 Å². The fourth-order valence-corrected chi connectivity index (χ4v) is 4.05. The van der Waals surface area contributed by atoms with Crippen molar-refractivity contribution in [3.8, 4) is 11.1 Å². The Balaban J connectivity index is 1.68. The van der Waals surface area contributed by atoms with Crippen LogP contribution in [0.25, 0.3) is 11.1 Å². The number of aliphatic hydroxyl groups excluding tert-OH is 4. The third-order valence-electron chi connectivity index (χ3n) is 5.84. The number of benzene rings is 1. The fourth-order valence-electron chi connectivity index (χ4n) is 4.05. The number of hydrogen-bond acceptors (Lipinski definition) is 5. The number of rotatable bonds is 4.